The smallest absolute Gasteiger partial charge is 0.0622 e. The molecule has 1 N–H and O–H groups in total. The van der Waals surface area contributed by atoms with Crippen LogP contribution in [-0.4, -0.2) is 4.98 Å². The SMILES string of the molecule is Cc1ccc(C(CCC#N)c2c[nH]c3c(C)cccc23)cc1. The van der Waals surface area contributed by atoms with E-state index >= 15 is 0 Å². The van der Waals surface area contributed by atoms with Gasteiger partial charge in [-0.05, 0) is 37.0 Å². The highest BCUT2D eigenvalue weighted by Crippen LogP contribution is 2.35. The molecule has 0 radical (unpaired) electrons. The van der Waals surface area contributed by atoms with Crippen molar-refractivity contribution in [3.63, 3.8) is 0 Å². The van der Waals surface area contributed by atoms with Crippen LogP contribution in [0.5, 0.6) is 0 Å². The van der Waals surface area contributed by atoms with Gasteiger partial charge in [-0.25, -0.2) is 0 Å². The molecule has 110 valence electrons. The predicted octanol–water partition coefficient (Wildman–Crippen LogP) is 5.22. The Kier molecular flexibility index (Phi) is 3.98. The van der Waals surface area contributed by atoms with Crippen molar-refractivity contribution in [2.45, 2.75) is 32.6 Å². The maximum atomic E-state index is 9.00. The molecule has 2 heteroatoms. The van der Waals surface area contributed by atoms with E-state index in [1.807, 2.05) is 0 Å². The number of aromatic amines is 1. The number of nitrogens with one attached hydrogen (secondary N) is 1. The van der Waals surface area contributed by atoms with Crippen LogP contribution in [0.2, 0.25) is 0 Å². The van der Waals surface area contributed by atoms with E-state index < -0.39 is 0 Å². The Labute approximate surface area is 131 Å². The summed E-state index contributed by atoms with van der Waals surface area (Å²) < 4.78 is 0. The van der Waals surface area contributed by atoms with Crippen LogP contribution in [0.3, 0.4) is 0 Å². The van der Waals surface area contributed by atoms with E-state index in [1.165, 1.54) is 33.2 Å². The van der Waals surface area contributed by atoms with Crippen molar-refractivity contribution in [3.8, 4) is 6.07 Å². The van der Waals surface area contributed by atoms with E-state index in [9.17, 15) is 0 Å². The van der Waals surface area contributed by atoms with E-state index in [0.29, 0.717) is 6.42 Å². The van der Waals surface area contributed by atoms with Gasteiger partial charge in [0.1, 0.15) is 0 Å². The minimum atomic E-state index is 0.260. The number of aryl methyl sites for hydroxylation is 2. The molecule has 3 aromatic rings. The highest BCUT2D eigenvalue weighted by atomic mass is 14.7. The molecular formula is C20H20N2. The molecule has 0 saturated carbocycles. The van der Waals surface area contributed by atoms with Crippen LogP contribution in [-0.2, 0) is 0 Å². The molecule has 1 atom stereocenters. The van der Waals surface area contributed by atoms with Crippen LogP contribution < -0.4 is 0 Å². The molecular weight excluding hydrogens is 268 g/mol. The van der Waals surface area contributed by atoms with Crippen molar-refractivity contribution in [1.82, 2.24) is 4.98 Å². The maximum absolute atomic E-state index is 9.00. The lowest BCUT2D eigenvalue weighted by Crippen LogP contribution is -2.00. The standard InChI is InChI=1S/C20H20N2/c1-14-8-10-16(11-9-14)17(7-4-12-21)19-13-22-20-15(2)5-3-6-18(19)20/h3,5-6,8-11,13,17,22H,4,7H2,1-2H3. The molecule has 1 aromatic heterocycles. The molecule has 2 aromatic carbocycles. The van der Waals surface area contributed by atoms with Gasteiger partial charge in [-0.2, -0.15) is 5.26 Å². The second kappa shape index (κ2) is 6.07. The molecule has 0 bridgehead atoms. The van der Waals surface area contributed by atoms with Crippen molar-refractivity contribution < 1.29 is 0 Å². The summed E-state index contributed by atoms with van der Waals surface area (Å²) in [6, 6.07) is 17.4. The quantitative estimate of drug-likeness (QED) is 0.702. The van der Waals surface area contributed by atoms with Crippen molar-refractivity contribution >= 4 is 10.9 Å². The van der Waals surface area contributed by atoms with Crippen molar-refractivity contribution in [3.05, 3.63) is 70.9 Å². The highest BCUT2D eigenvalue weighted by molar-refractivity contribution is 5.86. The average molecular weight is 288 g/mol. The third kappa shape index (κ3) is 2.63. The summed E-state index contributed by atoms with van der Waals surface area (Å²) in [7, 11) is 0. The molecule has 0 saturated heterocycles. The van der Waals surface area contributed by atoms with Gasteiger partial charge in [-0.15, -0.1) is 0 Å². The van der Waals surface area contributed by atoms with E-state index in [-0.39, 0.29) is 5.92 Å². The molecule has 1 unspecified atom stereocenters. The zero-order chi connectivity index (χ0) is 15.5. The number of hydrogen-bond donors (Lipinski definition) is 1. The van der Waals surface area contributed by atoms with E-state index in [0.717, 1.165) is 6.42 Å². The monoisotopic (exact) mass is 288 g/mol. The summed E-state index contributed by atoms with van der Waals surface area (Å²) in [4.78, 5) is 3.41. The Bertz CT molecular complexity index is 819. The van der Waals surface area contributed by atoms with Crippen LogP contribution in [0.25, 0.3) is 10.9 Å². The first-order valence-corrected chi connectivity index (χ1v) is 7.71. The van der Waals surface area contributed by atoms with Gasteiger partial charge in [0.2, 0.25) is 0 Å². The second-order valence-corrected chi connectivity index (χ2v) is 5.90. The number of rotatable bonds is 4. The largest absolute Gasteiger partial charge is 0.361 e. The first-order valence-electron chi connectivity index (χ1n) is 7.71. The molecule has 0 aliphatic heterocycles. The molecule has 0 amide bonds. The lowest BCUT2D eigenvalue weighted by molar-refractivity contribution is 0.738. The fraction of sp³-hybridized carbons (Fsp3) is 0.250. The summed E-state index contributed by atoms with van der Waals surface area (Å²) in [6.07, 6.45) is 3.52. The van der Waals surface area contributed by atoms with Gasteiger partial charge in [0.25, 0.3) is 0 Å². The first kappa shape index (κ1) is 14.4. The van der Waals surface area contributed by atoms with Gasteiger partial charge in [-0.3, -0.25) is 0 Å². The van der Waals surface area contributed by atoms with Crippen LogP contribution in [0.1, 0.15) is 41.0 Å². The van der Waals surface area contributed by atoms with Gasteiger partial charge in [0, 0.05) is 29.4 Å². The van der Waals surface area contributed by atoms with Gasteiger partial charge in [0.05, 0.1) is 6.07 Å². The molecule has 3 rings (SSSR count). The molecule has 0 spiro atoms. The lowest BCUT2D eigenvalue weighted by Gasteiger charge is -2.16. The fourth-order valence-electron chi connectivity index (χ4n) is 3.13. The van der Waals surface area contributed by atoms with Crippen molar-refractivity contribution in [1.29, 1.82) is 5.26 Å². The molecule has 2 nitrogen and oxygen atoms in total. The average Bonchev–Trinajstić information content (AvgIpc) is 2.95. The van der Waals surface area contributed by atoms with Crippen LogP contribution in [0.15, 0.2) is 48.7 Å². The number of benzene rings is 2. The van der Waals surface area contributed by atoms with Crippen LogP contribution in [0.4, 0.5) is 0 Å². The minimum absolute atomic E-state index is 0.260. The normalized spacial score (nSPS) is 12.2. The van der Waals surface area contributed by atoms with Gasteiger partial charge in [0.15, 0.2) is 0 Å². The number of fused-ring (bicyclic) bond motifs is 1. The van der Waals surface area contributed by atoms with Gasteiger partial charge >= 0.3 is 0 Å². The van der Waals surface area contributed by atoms with E-state index in [1.54, 1.807) is 0 Å². The number of hydrogen-bond acceptors (Lipinski definition) is 1. The van der Waals surface area contributed by atoms with E-state index in [4.69, 9.17) is 5.26 Å². The van der Waals surface area contributed by atoms with Gasteiger partial charge in [-0.1, -0.05) is 48.0 Å². The molecule has 1 heterocycles. The zero-order valence-corrected chi connectivity index (χ0v) is 13.1. The number of aromatic nitrogens is 1. The maximum Gasteiger partial charge on any atom is 0.0622 e. The summed E-state index contributed by atoms with van der Waals surface area (Å²) in [6.45, 7) is 4.22. The first-order chi connectivity index (χ1) is 10.7. The number of H-pyrrole nitrogens is 1. The summed E-state index contributed by atoms with van der Waals surface area (Å²) in [5.41, 5.74) is 6.29. The van der Waals surface area contributed by atoms with Crippen LogP contribution in [0, 0.1) is 25.2 Å². The summed E-state index contributed by atoms with van der Waals surface area (Å²) >= 11 is 0. The zero-order valence-electron chi connectivity index (χ0n) is 13.1. The molecule has 0 aliphatic carbocycles. The molecule has 22 heavy (non-hydrogen) atoms. The van der Waals surface area contributed by atoms with Crippen molar-refractivity contribution in [2.75, 3.05) is 0 Å². The second-order valence-electron chi connectivity index (χ2n) is 5.90. The summed E-state index contributed by atoms with van der Waals surface area (Å²) in [5.74, 6) is 0.260. The minimum Gasteiger partial charge on any atom is -0.361 e. The number of para-hydroxylation sites is 1. The highest BCUT2D eigenvalue weighted by Gasteiger charge is 2.18. The van der Waals surface area contributed by atoms with E-state index in [2.05, 4.69) is 73.6 Å². The predicted molar refractivity (Wildman–Crippen MR) is 90.9 cm³/mol. The molecule has 0 fully saturated rings. The van der Waals surface area contributed by atoms with Gasteiger partial charge < -0.3 is 4.98 Å². The number of nitrogens with zero attached hydrogens (tertiary/aromatic N) is 1. The Balaban J connectivity index is 2.10. The fourth-order valence-corrected chi connectivity index (χ4v) is 3.13. The van der Waals surface area contributed by atoms with Crippen LogP contribution >= 0.6 is 0 Å². The Hall–Kier alpha value is -2.53. The Morgan fingerprint density at radius 2 is 1.86 bits per heavy atom. The van der Waals surface area contributed by atoms with Crippen molar-refractivity contribution in [2.24, 2.45) is 0 Å². The molecule has 0 aliphatic rings. The Morgan fingerprint density at radius 1 is 1.09 bits per heavy atom. The number of nitriles is 1. The third-order valence-electron chi connectivity index (χ3n) is 4.36. The topological polar surface area (TPSA) is 39.6 Å². The lowest BCUT2D eigenvalue weighted by atomic mass is 9.87. The third-order valence-corrected chi connectivity index (χ3v) is 4.36. The summed E-state index contributed by atoms with van der Waals surface area (Å²) in [5, 5.41) is 10.3. The Morgan fingerprint density at radius 3 is 2.59 bits per heavy atom.